The number of ether oxygens (including phenoxy) is 1. The molecule has 2 atom stereocenters. The molecule has 0 spiro atoms. The van der Waals surface area contributed by atoms with E-state index in [1.54, 1.807) is 52.0 Å². The standard InChI is InChI=1S/C19H24N2O5/c1-10(2)14(19(25)26-5)20-16(22)15(11(3)4)21-17(23)12-8-6-7-9-13(12)18(21)24/h6-11,14-15H,1-5H3,(H,20,22)/t14-,15+/m1/s1. The summed E-state index contributed by atoms with van der Waals surface area (Å²) >= 11 is 0. The fourth-order valence-corrected chi connectivity index (χ4v) is 3.04. The van der Waals surface area contributed by atoms with Crippen LogP contribution in [0.1, 0.15) is 48.4 Å². The average Bonchev–Trinajstić information content (AvgIpc) is 2.84. The van der Waals surface area contributed by atoms with E-state index in [-0.39, 0.29) is 23.0 Å². The van der Waals surface area contributed by atoms with Gasteiger partial charge in [-0.25, -0.2) is 4.79 Å². The second-order valence-electron chi connectivity index (χ2n) is 6.97. The second kappa shape index (κ2) is 7.68. The fraction of sp³-hybridized carbons (Fsp3) is 0.474. The van der Waals surface area contributed by atoms with Gasteiger partial charge in [0.1, 0.15) is 12.1 Å². The van der Waals surface area contributed by atoms with Crippen LogP contribution in [-0.4, -0.2) is 47.8 Å². The molecule has 3 amide bonds. The van der Waals surface area contributed by atoms with E-state index in [9.17, 15) is 19.2 Å². The van der Waals surface area contributed by atoms with Crippen LogP contribution in [0.25, 0.3) is 0 Å². The van der Waals surface area contributed by atoms with E-state index in [0.29, 0.717) is 0 Å². The highest BCUT2D eigenvalue weighted by atomic mass is 16.5. The Kier molecular flexibility index (Phi) is 5.79. The van der Waals surface area contributed by atoms with Crippen LogP contribution in [0.2, 0.25) is 0 Å². The maximum atomic E-state index is 12.9. The third-order valence-corrected chi connectivity index (χ3v) is 4.42. The van der Waals surface area contributed by atoms with Gasteiger partial charge in [0.15, 0.2) is 0 Å². The Morgan fingerprint density at radius 1 is 0.962 bits per heavy atom. The predicted octanol–water partition coefficient (Wildman–Crippen LogP) is 1.62. The number of rotatable bonds is 6. The number of carbonyl (C=O) groups excluding carboxylic acids is 4. The van der Waals surface area contributed by atoms with Crippen LogP contribution in [0.5, 0.6) is 0 Å². The van der Waals surface area contributed by atoms with E-state index in [2.05, 4.69) is 5.32 Å². The van der Waals surface area contributed by atoms with Crippen molar-refractivity contribution in [3.05, 3.63) is 35.4 Å². The van der Waals surface area contributed by atoms with Crippen LogP contribution in [0, 0.1) is 11.8 Å². The van der Waals surface area contributed by atoms with E-state index < -0.39 is 35.8 Å². The molecule has 1 N–H and O–H groups in total. The van der Waals surface area contributed by atoms with Crippen molar-refractivity contribution < 1.29 is 23.9 Å². The molecule has 0 fully saturated rings. The molecule has 0 saturated carbocycles. The largest absolute Gasteiger partial charge is 0.467 e. The number of hydrogen-bond donors (Lipinski definition) is 1. The van der Waals surface area contributed by atoms with Gasteiger partial charge in [-0.1, -0.05) is 39.8 Å². The van der Waals surface area contributed by atoms with Crippen LogP contribution < -0.4 is 5.32 Å². The van der Waals surface area contributed by atoms with Crippen molar-refractivity contribution in [2.75, 3.05) is 7.11 Å². The smallest absolute Gasteiger partial charge is 0.328 e. The van der Waals surface area contributed by atoms with Crippen molar-refractivity contribution in [2.24, 2.45) is 11.8 Å². The number of fused-ring (bicyclic) bond motifs is 1. The maximum Gasteiger partial charge on any atom is 0.328 e. The minimum atomic E-state index is -1.02. The summed E-state index contributed by atoms with van der Waals surface area (Å²) in [5.41, 5.74) is 0.564. The summed E-state index contributed by atoms with van der Waals surface area (Å²) in [5.74, 6) is -2.67. The van der Waals surface area contributed by atoms with Gasteiger partial charge in [-0.3, -0.25) is 19.3 Å². The van der Waals surface area contributed by atoms with Crippen LogP contribution in [-0.2, 0) is 14.3 Å². The Hall–Kier alpha value is -2.70. The highest BCUT2D eigenvalue weighted by molar-refractivity contribution is 6.22. The molecule has 26 heavy (non-hydrogen) atoms. The number of esters is 1. The molecule has 1 heterocycles. The lowest BCUT2D eigenvalue weighted by atomic mass is 9.99. The normalized spacial score (nSPS) is 15.9. The predicted molar refractivity (Wildman–Crippen MR) is 94.4 cm³/mol. The lowest BCUT2D eigenvalue weighted by molar-refractivity contribution is -0.147. The second-order valence-corrected chi connectivity index (χ2v) is 6.97. The van der Waals surface area contributed by atoms with Gasteiger partial charge in [-0.05, 0) is 24.0 Å². The highest BCUT2D eigenvalue weighted by Crippen LogP contribution is 2.27. The monoisotopic (exact) mass is 360 g/mol. The van der Waals surface area contributed by atoms with Crippen molar-refractivity contribution in [1.29, 1.82) is 0 Å². The molecule has 0 bridgehead atoms. The number of hydrogen-bond acceptors (Lipinski definition) is 5. The zero-order valence-electron chi connectivity index (χ0n) is 15.6. The number of imide groups is 1. The molecule has 140 valence electrons. The summed E-state index contributed by atoms with van der Waals surface area (Å²) in [5, 5.41) is 2.63. The maximum absolute atomic E-state index is 12.9. The van der Waals surface area contributed by atoms with Gasteiger partial charge < -0.3 is 10.1 Å². The Morgan fingerprint density at radius 3 is 1.85 bits per heavy atom. The van der Waals surface area contributed by atoms with Crippen LogP contribution >= 0.6 is 0 Å². The van der Waals surface area contributed by atoms with E-state index >= 15 is 0 Å². The average molecular weight is 360 g/mol. The van der Waals surface area contributed by atoms with Gasteiger partial charge in [0, 0.05) is 0 Å². The number of nitrogens with one attached hydrogen (secondary N) is 1. The minimum absolute atomic E-state index is 0.207. The Balaban J connectivity index is 2.32. The van der Waals surface area contributed by atoms with Gasteiger partial charge in [0.2, 0.25) is 5.91 Å². The Bertz CT molecular complexity index is 706. The molecular weight excluding hydrogens is 336 g/mol. The van der Waals surface area contributed by atoms with Crippen molar-refractivity contribution in [3.63, 3.8) is 0 Å². The van der Waals surface area contributed by atoms with Crippen LogP contribution in [0.3, 0.4) is 0 Å². The molecule has 2 rings (SSSR count). The number of methoxy groups -OCH3 is 1. The lowest BCUT2D eigenvalue weighted by Gasteiger charge is -2.30. The molecule has 1 aromatic rings. The number of carbonyl (C=O) groups is 4. The molecule has 0 saturated heterocycles. The van der Waals surface area contributed by atoms with Crippen molar-refractivity contribution in [1.82, 2.24) is 10.2 Å². The van der Waals surface area contributed by atoms with E-state index in [0.717, 1.165) is 4.90 Å². The van der Waals surface area contributed by atoms with Crippen molar-refractivity contribution in [3.8, 4) is 0 Å². The summed E-state index contributed by atoms with van der Waals surface area (Å²) in [4.78, 5) is 51.2. The number of benzene rings is 1. The fourth-order valence-electron chi connectivity index (χ4n) is 3.04. The molecule has 0 unspecified atom stereocenters. The van der Waals surface area contributed by atoms with E-state index in [4.69, 9.17) is 4.74 Å². The number of amides is 3. The van der Waals surface area contributed by atoms with Crippen LogP contribution in [0.15, 0.2) is 24.3 Å². The Morgan fingerprint density at radius 2 is 1.46 bits per heavy atom. The summed E-state index contributed by atoms with van der Waals surface area (Å²) in [6, 6.07) is 4.60. The van der Waals surface area contributed by atoms with Gasteiger partial charge in [0.05, 0.1) is 18.2 Å². The van der Waals surface area contributed by atoms with Crippen molar-refractivity contribution in [2.45, 2.75) is 39.8 Å². The quantitative estimate of drug-likeness (QED) is 0.615. The molecular formula is C19H24N2O5. The molecule has 1 aromatic carbocycles. The molecule has 7 heteroatoms. The van der Waals surface area contributed by atoms with E-state index in [1.165, 1.54) is 7.11 Å². The third kappa shape index (κ3) is 3.47. The SMILES string of the molecule is COC(=O)[C@H](NC(=O)[C@H](C(C)C)N1C(=O)c2ccccc2C1=O)C(C)C. The van der Waals surface area contributed by atoms with Gasteiger partial charge in [-0.15, -0.1) is 0 Å². The Labute approximate surface area is 152 Å². The summed E-state index contributed by atoms with van der Waals surface area (Å²) in [7, 11) is 1.24. The van der Waals surface area contributed by atoms with Gasteiger partial charge in [-0.2, -0.15) is 0 Å². The van der Waals surface area contributed by atoms with Crippen molar-refractivity contribution >= 4 is 23.7 Å². The number of nitrogens with zero attached hydrogens (tertiary/aromatic N) is 1. The van der Waals surface area contributed by atoms with Crippen LogP contribution in [0.4, 0.5) is 0 Å². The first-order valence-electron chi connectivity index (χ1n) is 8.55. The molecule has 7 nitrogen and oxygen atoms in total. The molecule has 0 radical (unpaired) electrons. The summed E-state index contributed by atoms with van der Waals surface area (Å²) in [6.45, 7) is 7.04. The lowest BCUT2D eigenvalue weighted by Crippen LogP contribution is -2.56. The zero-order valence-corrected chi connectivity index (χ0v) is 15.6. The topological polar surface area (TPSA) is 92.8 Å². The van der Waals surface area contributed by atoms with Gasteiger partial charge >= 0.3 is 5.97 Å². The summed E-state index contributed by atoms with van der Waals surface area (Å²) < 4.78 is 4.73. The first-order valence-corrected chi connectivity index (χ1v) is 8.55. The first kappa shape index (κ1) is 19.6. The third-order valence-electron chi connectivity index (χ3n) is 4.42. The molecule has 0 aliphatic carbocycles. The highest BCUT2D eigenvalue weighted by Gasteiger charge is 2.44. The summed E-state index contributed by atoms with van der Waals surface area (Å²) in [6.07, 6.45) is 0. The molecule has 0 aromatic heterocycles. The first-order chi connectivity index (χ1) is 12.2. The molecule has 1 aliphatic heterocycles. The minimum Gasteiger partial charge on any atom is -0.467 e. The van der Waals surface area contributed by atoms with Gasteiger partial charge in [0.25, 0.3) is 11.8 Å². The van der Waals surface area contributed by atoms with E-state index in [1.807, 2.05) is 0 Å². The molecule has 1 aliphatic rings. The zero-order chi connectivity index (χ0) is 19.6.